The Morgan fingerprint density at radius 2 is 2.10 bits per heavy atom. The van der Waals surface area contributed by atoms with Gasteiger partial charge in [0.1, 0.15) is 5.75 Å². The second-order valence-electron chi connectivity index (χ2n) is 4.53. The van der Waals surface area contributed by atoms with Crippen molar-refractivity contribution in [3.63, 3.8) is 0 Å². The van der Waals surface area contributed by atoms with Crippen molar-refractivity contribution < 1.29 is 5.11 Å². The molecule has 0 unspecified atom stereocenters. The lowest BCUT2D eigenvalue weighted by atomic mass is 10.1. The second kappa shape index (κ2) is 6.11. The first kappa shape index (κ1) is 14.6. The third-order valence-electron chi connectivity index (χ3n) is 3.23. The van der Waals surface area contributed by atoms with Gasteiger partial charge in [-0.25, -0.2) is 4.98 Å². The molecule has 0 saturated carbocycles. The predicted molar refractivity (Wildman–Crippen MR) is 82.7 cm³/mol. The van der Waals surface area contributed by atoms with Crippen LogP contribution in [0.3, 0.4) is 0 Å². The Bertz CT molecular complexity index is 616. The first-order chi connectivity index (χ1) is 9.58. The predicted octanol–water partition coefficient (Wildman–Crippen LogP) is 3.37. The molecule has 2 rings (SSSR count). The van der Waals surface area contributed by atoms with Gasteiger partial charge in [0.15, 0.2) is 5.82 Å². The molecule has 5 heteroatoms. The molecule has 0 spiro atoms. The van der Waals surface area contributed by atoms with Crippen LogP contribution in [-0.4, -0.2) is 16.6 Å². The van der Waals surface area contributed by atoms with Gasteiger partial charge in [0.05, 0.1) is 5.02 Å². The minimum absolute atomic E-state index is 0.218. The van der Waals surface area contributed by atoms with E-state index in [-0.39, 0.29) is 5.75 Å². The van der Waals surface area contributed by atoms with E-state index in [9.17, 15) is 5.11 Å². The van der Waals surface area contributed by atoms with Gasteiger partial charge < -0.3 is 15.7 Å². The number of phenolic OH excluding ortho intramolecular Hbond substituents is 1. The van der Waals surface area contributed by atoms with Crippen molar-refractivity contribution in [2.75, 3.05) is 11.4 Å². The lowest BCUT2D eigenvalue weighted by Crippen LogP contribution is -2.19. The summed E-state index contributed by atoms with van der Waals surface area (Å²) in [6.45, 7) is 5.05. The number of anilines is 2. The summed E-state index contributed by atoms with van der Waals surface area (Å²) in [5, 5.41) is 10.3. The van der Waals surface area contributed by atoms with E-state index in [0.717, 1.165) is 16.8 Å². The Morgan fingerprint density at radius 1 is 1.35 bits per heavy atom. The zero-order valence-electron chi connectivity index (χ0n) is 11.6. The smallest absolute Gasteiger partial charge is 0.152 e. The minimum atomic E-state index is 0.218. The van der Waals surface area contributed by atoms with Crippen LogP contribution < -0.4 is 10.6 Å². The Kier molecular flexibility index (Phi) is 4.47. The lowest BCUT2D eigenvalue weighted by Gasteiger charge is -2.25. The number of hydrogen-bond acceptors (Lipinski definition) is 4. The second-order valence-corrected chi connectivity index (χ2v) is 4.90. The van der Waals surface area contributed by atoms with Gasteiger partial charge in [0.25, 0.3) is 0 Å². The first-order valence-electron chi connectivity index (χ1n) is 6.49. The molecule has 1 aromatic carbocycles. The van der Waals surface area contributed by atoms with E-state index in [4.69, 9.17) is 17.3 Å². The van der Waals surface area contributed by atoms with E-state index in [0.29, 0.717) is 23.9 Å². The molecule has 1 heterocycles. The lowest BCUT2D eigenvalue weighted by molar-refractivity contribution is 0.475. The number of phenols is 1. The van der Waals surface area contributed by atoms with Gasteiger partial charge in [-0.05, 0) is 37.1 Å². The van der Waals surface area contributed by atoms with Crippen LogP contribution in [0.4, 0.5) is 11.5 Å². The fourth-order valence-corrected chi connectivity index (χ4v) is 2.43. The Labute approximate surface area is 123 Å². The van der Waals surface area contributed by atoms with Crippen molar-refractivity contribution in [2.24, 2.45) is 5.73 Å². The van der Waals surface area contributed by atoms with Gasteiger partial charge in [0.2, 0.25) is 0 Å². The van der Waals surface area contributed by atoms with Crippen LogP contribution in [0.2, 0.25) is 5.02 Å². The van der Waals surface area contributed by atoms with E-state index in [1.807, 2.05) is 30.9 Å². The van der Waals surface area contributed by atoms with Crippen LogP contribution in [0.25, 0.3) is 0 Å². The standard InChI is InChI=1S/C15H18ClN3O/c1-3-19(13-8-12(20)5-4-10(13)2)15-14(16)11(9-17)6-7-18-15/h4-8,20H,3,9,17H2,1-2H3. The normalized spacial score (nSPS) is 10.6. The first-order valence-corrected chi connectivity index (χ1v) is 6.86. The van der Waals surface area contributed by atoms with Crippen molar-refractivity contribution in [1.29, 1.82) is 0 Å². The molecule has 0 radical (unpaired) electrons. The third kappa shape index (κ3) is 2.71. The number of rotatable bonds is 4. The van der Waals surface area contributed by atoms with E-state index in [1.165, 1.54) is 0 Å². The molecule has 0 aliphatic rings. The molecule has 106 valence electrons. The summed E-state index contributed by atoms with van der Waals surface area (Å²) in [6.07, 6.45) is 1.70. The molecular weight excluding hydrogens is 274 g/mol. The topological polar surface area (TPSA) is 62.4 Å². The monoisotopic (exact) mass is 291 g/mol. The van der Waals surface area contributed by atoms with Gasteiger partial charge in [-0.15, -0.1) is 0 Å². The van der Waals surface area contributed by atoms with Crippen molar-refractivity contribution in [2.45, 2.75) is 20.4 Å². The Morgan fingerprint density at radius 3 is 2.75 bits per heavy atom. The van der Waals surface area contributed by atoms with Gasteiger partial charge in [-0.3, -0.25) is 0 Å². The zero-order valence-corrected chi connectivity index (χ0v) is 12.4. The Hall–Kier alpha value is -1.78. The van der Waals surface area contributed by atoms with E-state index in [1.54, 1.807) is 18.3 Å². The van der Waals surface area contributed by atoms with Crippen molar-refractivity contribution in [3.05, 3.63) is 46.6 Å². The molecular formula is C15H18ClN3O. The molecule has 1 aromatic heterocycles. The van der Waals surface area contributed by atoms with Gasteiger partial charge >= 0.3 is 0 Å². The summed E-state index contributed by atoms with van der Waals surface area (Å²) in [4.78, 5) is 6.33. The highest BCUT2D eigenvalue weighted by Gasteiger charge is 2.16. The molecule has 20 heavy (non-hydrogen) atoms. The molecule has 2 aromatic rings. The molecule has 0 bridgehead atoms. The molecule has 0 saturated heterocycles. The van der Waals surface area contributed by atoms with Gasteiger partial charge in [-0.2, -0.15) is 0 Å². The average molecular weight is 292 g/mol. The average Bonchev–Trinajstić information content (AvgIpc) is 2.45. The SMILES string of the molecule is CCN(c1cc(O)ccc1C)c1nccc(CN)c1Cl. The molecule has 0 amide bonds. The number of aryl methyl sites for hydroxylation is 1. The summed E-state index contributed by atoms with van der Waals surface area (Å²) >= 11 is 6.38. The number of aromatic nitrogens is 1. The van der Waals surface area contributed by atoms with E-state index in [2.05, 4.69) is 4.98 Å². The summed E-state index contributed by atoms with van der Waals surface area (Å²) in [5.74, 6) is 0.876. The van der Waals surface area contributed by atoms with Gasteiger partial charge in [0, 0.05) is 31.0 Å². The maximum Gasteiger partial charge on any atom is 0.152 e. The fourth-order valence-electron chi connectivity index (χ4n) is 2.14. The van der Waals surface area contributed by atoms with Crippen molar-refractivity contribution in [3.8, 4) is 5.75 Å². The van der Waals surface area contributed by atoms with Crippen LogP contribution in [0.5, 0.6) is 5.75 Å². The summed E-state index contributed by atoms with van der Waals surface area (Å²) in [7, 11) is 0. The maximum atomic E-state index is 9.70. The van der Waals surface area contributed by atoms with Crippen LogP contribution in [0, 0.1) is 6.92 Å². The van der Waals surface area contributed by atoms with E-state index >= 15 is 0 Å². The quantitative estimate of drug-likeness (QED) is 0.906. The maximum absolute atomic E-state index is 9.70. The highest BCUT2D eigenvalue weighted by molar-refractivity contribution is 6.33. The van der Waals surface area contributed by atoms with Crippen LogP contribution >= 0.6 is 11.6 Å². The van der Waals surface area contributed by atoms with E-state index < -0.39 is 0 Å². The minimum Gasteiger partial charge on any atom is -0.508 e. The summed E-state index contributed by atoms with van der Waals surface area (Å²) in [6, 6.07) is 7.06. The zero-order chi connectivity index (χ0) is 14.7. The number of aromatic hydroxyl groups is 1. The highest BCUT2D eigenvalue weighted by Crippen LogP contribution is 2.35. The van der Waals surface area contributed by atoms with Crippen LogP contribution in [-0.2, 0) is 6.54 Å². The number of nitrogens with two attached hydrogens (primary N) is 1. The van der Waals surface area contributed by atoms with Crippen molar-refractivity contribution >= 4 is 23.1 Å². The number of halogens is 1. The van der Waals surface area contributed by atoms with Crippen LogP contribution in [0.1, 0.15) is 18.1 Å². The van der Waals surface area contributed by atoms with Gasteiger partial charge in [-0.1, -0.05) is 17.7 Å². The molecule has 4 nitrogen and oxygen atoms in total. The number of nitrogens with zero attached hydrogens (tertiary/aromatic N) is 2. The number of hydrogen-bond donors (Lipinski definition) is 2. The third-order valence-corrected chi connectivity index (χ3v) is 3.64. The molecule has 0 aliphatic carbocycles. The molecule has 0 atom stereocenters. The Balaban J connectivity index is 2.55. The highest BCUT2D eigenvalue weighted by atomic mass is 35.5. The molecule has 3 N–H and O–H groups in total. The largest absolute Gasteiger partial charge is 0.508 e. The number of benzene rings is 1. The molecule has 0 aliphatic heterocycles. The fraction of sp³-hybridized carbons (Fsp3) is 0.267. The number of pyridine rings is 1. The van der Waals surface area contributed by atoms with Crippen molar-refractivity contribution in [1.82, 2.24) is 4.98 Å². The summed E-state index contributed by atoms with van der Waals surface area (Å²) in [5.41, 5.74) is 8.47. The molecule has 0 fully saturated rings. The van der Waals surface area contributed by atoms with Crippen LogP contribution in [0.15, 0.2) is 30.5 Å². The summed E-state index contributed by atoms with van der Waals surface area (Å²) < 4.78 is 0.